The van der Waals surface area contributed by atoms with Gasteiger partial charge in [-0.05, 0) is 18.2 Å². The average molecular weight is 195 g/mol. The van der Waals surface area contributed by atoms with Gasteiger partial charge in [0.15, 0.2) is 0 Å². The Bertz CT molecular complexity index is 603. The zero-order valence-corrected chi connectivity index (χ0v) is 6.85. The summed E-state index contributed by atoms with van der Waals surface area (Å²) in [6, 6.07) is 4.07. The third-order valence-corrected chi connectivity index (χ3v) is 1.73. The summed E-state index contributed by atoms with van der Waals surface area (Å²) in [6.45, 7) is 0. The van der Waals surface area contributed by atoms with E-state index >= 15 is 0 Å². The molecule has 0 amide bonds. The molecule has 0 aliphatic carbocycles. The Morgan fingerprint density at radius 2 is 1.79 bits per heavy atom. The Labute approximate surface area is 76.1 Å². The van der Waals surface area contributed by atoms with E-state index in [9.17, 15) is 9.59 Å². The summed E-state index contributed by atoms with van der Waals surface area (Å²) in [5.74, 6) is 0. The van der Waals surface area contributed by atoms with Gasteiger partial charge in [-0.25, -0.2) is 18.7 Å². The van der Waals surface area contributed by atoms with Gasteiger partial charge in [-0.1, -0.05) is 4.74 Å². The molecule has 0 aliphatic heterocycles. The number of rotatable bonds is 0. The maximum Gasteiger partial charge on any atom is 0.392 e. The van der Waals surface area contributed by atoms with E-state index in [0.29, 0.717) is 0 Å². The van der Waals surface area contributed by atoms with Gasteiger partial charge in [0, 0.05) is 5.69 Å². The highest BCUT2D eigenvalue weighted by Crippen LogP contribution is 2.10. The minimum Gasteiger partial charge on any atom is -0.398 e. The van der Waals surface area contributed by atoms with Crippen LogP contribution in [0.3, 0.4) is 0 Å². The van der Waals surface area contributed by atoms with Crippen molar-refractivity contribution < 1.29 is 13.9 Å². The van der Waals surface area contributed by atoms with E-state index in [4.69, 9.17) is 5.73 Å². The Morgan fingerprint density at radius 3 is 2.50 bits per heavy atom. The molecule has 0 unspecified atom stereocenters. The quantitative estimate of drug-likeness (QED) is 0.484. The summed E-state index contributed by atoms with van der Waals surface area (Å²) >= 11 is 0. The molecule has 6 nitrogen and oxygen atoms in total. The van der Waals surface area contributed by atoms with E-state index in [1.165, 1.54) is 18.2 Å². The molecule has 0 atom stereocenters. The van der Waals surface area contributed by atoms with Crippen LogP contribution in [0.25, 0.3) is 10.8 Å². The van der Waals surface area contributed by atoms with E-state index in [1.54, 1.807) is 0 Å². The van der Waals surface area contributed by atoms with E-state index in [1.807, 2.05) is 0 Å². The predicted molar refractivity (Wildman–Crippen MR) is 46.5 cm³/mol. The first-order valence-electron chi connectivity index (χ1n) is 3.68. The number of nitrogens with two attached hydrogens (primary N) is 1. The molecule has 3 rings (SSSR count). The van der Waals surface area contributed by atoms with Crippen molar-refractivity contribution in [2.45, 2.75) is 0 Å². The number of hydrogen-bond donors (Lipinski definition) is 1. The number of nitrogen functional groups attached to an aromatic ring is 1. The predicted octanol–water partition coefficient (Wildman–Crippen LogP) is 0.484. The summed E-state index contributed by atoms with van der Waals surface area (Å²) in [4.78, 5) is 22.2. The molecule has 0 saturated carbocycles. The molecule has 1 aromatic carbocycles. The summed E-state index contributed by atoms with van der Waals surface area (Å²) in [5, 5.41) is 0.302. The van der Waals surface area contributed by atoms with Gasteiger partial charge in [-0.2, -0.15) is 0 Å². The van der Waals surface area contributed by atoms with Crippen LogP contribution in [0, 0.1) is 0 Å². The molecule has 2 bridgehead atoms. The van der Waals surface area contributed by atoms with Crippen molar-refractivity contribution in [3.05, 3.63) is 39.0 Å². The summed E-state index contributed by atoms with van der Waals surface area (Å²) in [6.07, 6.45) is 0. The fraction of sp³-hybridized carbons (Fsp3) is 0. The van der Waals surface area contributed by atoms with E-state index in [2.05, 4.69) is 13.9 Å². The lowest BCUT2D eigenvalue weighted by molar-refractivity contribution is -0.190. The first kappa shape index (κ1) is 8.36. The second-order valence-electron chi connectivity index (χ2n) is 2.61. The molecule has 0 spiro atoms. The molecule has 14 heavy (non-hydrogen) atoms. The highest BCUT2D eigenvalue weighted by Gasteiger charge is 2.02. The number of benzene rings is 1. The molecule has 0 saturated heterocycles. The van der Waals surface area contributed by atoms with Crippen LogP contribution in [0.15, 0.2) is 41.7 Å². The third kappa shape index (κ3) is 1.22. The lowest BCUT2D eigenvalue weighted by Crippen LogP contribution is -1.99. The molecule has 0 aliphatic rings. The van der Waals surface area contributed by atoms with Crippen LogP contribution < -0.4 is 17.0 Å². The summed E-state index contributed by atoms with van der Waals surface area (Å²) < 4.78 is 12.2. The second kappa shape index (κ2) is 2.91. The first-order chi connectivity index (χ1) is 6.68. The van der Waals surface area contributed by atoms with Gasteiger partial charge in [-0.15, -0.1) is 0 Å². The lowest BCUT2D eigenvalue weighted by Gasteiger charge is -1.90. The van der Waals surface area contributed by atoms with E-state index in [0.717, 1.165) is 0 Å². The highest BCUT2D eigenvalue weighted by molar-refractivity contribution is 5.77. The van der Waals surface area contributed by atoms with Crippen LogP contribution in [0.5, 0.6) is 0 Å². The van der Waals surface area contributed by atoms with Gasteiger partial charge in [0.25, 0.3) is 0 Å². The van der Waals surface area contributed by atoms with Crippen molar-refractivity contribution in [3.63, 3.8) is 0 Å². The Hall–Kier alpha value is -2.24. The standard InChI is InChI=1S/C8H5NO5/c9-6-3-4-1-2-5(6)8(11)13-14-12-7(4)10/h1-3H,9H2. The summed E-state index contributed by atoms with van der Waals surface area (Å²) in [5.41, 5.74) is 4.04. The first-order valence-corrected chi connectivity index (χ1v) is 3.68. The molecule has 2 heterocycles. The van der Waals surface area contributed by atoms with E-state index < -0.39 is 11.3 Å². The van der Waals surface area contributed by atoms with Crippen molar-refractivity contribution in [1.82, 2.24) is 0 Å². The Kier molecular flexibility index (Phi) is 1.74. The van der Waals surface area contributed by atoms with Crippen LogP contribution in [0.4, 0.5) is 5.69 Å². The highest BCUT2D eigenvalue weighted by atomic mass is 17.2. The van der Waals surface area contributed by atoms with Gasteiger partial charge in [0.05, 0.1) is 10.8 Å². The fourth-order valence-electron chi connectivity index (χ4n) is 1.05. The van der Waals surface area contributed by atoms with Gasteiger partial charge in [-0.3, -0.25) is 0 Å². The third-order valence-electron chi connectivity index (χ3n) is 1.73. The molecule has 2 aromatic heterocycles. The molecule has 2 N–H and O–H groups in total. The number of anilines is 1. The van der Waals surface area contributed by atoms with Crippen molar-refractivity contribution in [3.8, 4) is 0 Å². The van der Waals surface area contributed by atoms with Gasteiger partial charge < -0.3 is 5.73 Å². The van der Waals surface area contributed by atoms with Crippen LogP contribution in [0.2, 0.25) is 0 Å². The average Bonchev–Trinajstić information content (AvgIpc) is 2.24. The van der Waals surface area contributed by atoms with Crippen molar-refractivity contribution in [2.24, 2.45) is 0 Å². The fourth-order valence-corrected chi connectivity index (χ4v) is 1.05. The molecule has 0 radical (unpaired) electrons. The monoisotopic (exact) mass is 195 g/mol. The zero-order chi connectivity index (χ0) is 10.1. The van der Waals surface area contributed by atoms with Crippen LogP contribution in [0.1, 0.15) is 0 Å². The molecule has 72 valence electrons. The van der Waals surface area contributed by atoms with Gasteiger partial charge >= 0.3 is 11.3 Å². The van der Waals surface area contributed by atoms with Gasteiger partial charge in [0.2, 0.25) is 0 Å². The maximum atomic E-state index is 11.1. The Balaban J connectivity index is 3.16. The topological polar surface area (TPSA) is 99.6 Å². The molecular weight excluding hydrogens is 190 g/mol. The maximum absolute atomic E-state index is 11.1. The van der Waals surface area contributed by atoms with Crippen LogP contribution in [-0.2, 0) is 0 Å². The number of hydrogen-bond acceptors (Lipinski definition) is 6. The minimum atomic E-state index is -0.816. The van der Waals surface area contributed by atoms with Gasteiger partial charge in [0.1, 0.15) is 0 Å². The largest absolute Gasteiger partial charge is 0.398 e. The van der Waals surface area contributed by atoms with Crippen LogP contribution in [-0.4, -0.2) is 0 Å². The molecule has 6 heteroatoms. The zero-order valence-electron chi connectivity index (χ0n) is 6.85. The molecular formula is C8H5NO5. The molecule has 0 fully saturated rings. The van der Waals surface area contributed by atoms with Crippen molar-refractivity contribution in [1.29, 1.82) is 0 Å². The normalized spacial score (nSPS) is 10.3. The molecule has 3 aromatic rings. The Morgan fingerprint density at radius 1 is 1.07 bits per heavy atom. The smallest absolute Gasteiger partial charge is 0.392 e. The summed E-state index contributed by atoms with van der Waals surface area (Å²) in [7, 11) is 0. The lowest BCUT2D eigenvalue weighted by atomic mass is 10.2. The van der Waals surface area contributed by atoms with Crippen molar-refractivity contribution >= 4 is 16.5 Å². The second-order valence-corrected chi connectivity index (χ2v) is 2.61. The number of fused-ring (bicyclic) bond motifs is 6. The van der Waals surface area contributed by atoms with Crippen molar-refractivity contribution in [2.75, 3.05) is 5.73 Å². The van der Waals surface area contributed by atoms with E-state index in [-0.39, 0.29) is 16.5 Å². The minimum absolute atomic E-state index is 0.118. The van der Waals surface area contributed by atoms with Crippen LogP contribution >= 0.6 is 0 Å². The SMILES string of the molecule is Nc1cc2ccc1c(=O)oooc2=O.